The fourth-order valence-corrected chi connectivity index (χ4v) is 2.66. The van der Waals surface area contributed by atoms with E-state index >= 15 is 0 Å². The van der Waals surface area contributed by atoms with Gasteiger partial charge in [0.25, 0.3) is 0 Å². The molecule has 1 atom stereocenters. The number of rotatable bonds is 8. The second-order valence-electron chi connectivity index (χ2n) is 4.43. The molecule has 0 aliphatic heterocycles. The average Bonchev–Trinajstić information content (AvgIpc) is 2.81. The van der Waals surface area contributed by atoms with Crippen LogP contribution in [0.5, 0.6) is 0 Å². The largest absolute Gasteiger partial charge is 0.357 e. The third-order valence-corrected chi connectivity index (χ3v) is 4.53. The smallest absolute Gasteiger partial charge is 0.230 e. The topological polar surface area (TPSA) is 66.9 Å². The summed E-state index contributed by atoms with van der Waals surface area (Å²) in [5.74, 6) is 0.833. The molecule has 2 N–H and O–H groups in total. The molecule has 1 heterocycles. The van der Waals surface area contributed by atoms with Crippen molar-refractivity contribution in [3.05, 3.63) is 12.7 Å². The summed E-state index contributed by atoms with van der Waals surface area (Å²) in [6.07, 6.45) is 1.76. The van der Waals surface area contributed by atoms with Crippen molar-refractivity contribution in [1.29, 1.82) is 0 Å². The van der Waals surface area contributed by atoms with E-state index in [1.54, 1.807) is 6.08 Å². The Balaban J connectivity index is 2.33. The summed E-state index contributed by atoms with van der Waals surface area (Å²) in [6.45, 7) is 10.5. The second kappa shape index (κ2) is 8.16. The highest BCUT2D eigenvalue weighted by Gasteiger charge is 2.12. The molecular formula is C12H20N4OS2. The van der Waals surface area contributed by atoms with Crippen LogP contribution in [0.4, 0.5) is 5.13 Å². The summed E-state index contributed by atoms with van der Waals surface area (Å²) in [7, 11) is 0. The molecule has 0 radical (unpaired) electrons. The maximum absolute atomic E-state index is 11.7. The number of amides is 1. The molecule has 19 heavy (non-hydrogen) atoms. The Morgan fingerprint density at radius 2 is 2.21 bits per heavy atom. The highest BCUT2D eigenvalue weighted by Crippen LogP contribution is 2.25. The predicted molar refractivity (Wildman–Crippen MR) is 81.8 cm³/mol. The summed E-state index contributed by atoms with van der Waals surface area (Å²) < 4.78 is 0.791. The average molecular weight is 300 g/mol. The minimum absolute atomic E-state index is 0.0296. The molecule has 0 saturated heterocycles. The first-order chi connectivity index (χ1) is 9.02. The lowest BCUT2D eigenvalue weighted by Gasteiger charge is -2.16. The summed E-state index contributed by atoms with van der Waals surface area (Å²) in [5.41, 5.74) is 0. The molecule has 1 amide bonds. The van der Waals surface area contributed by atoms with Crippen molar-refractivity contribution in [2.45, 2.75) is 31.2 Å². The lowest BCUT2D eigenvalue weighted by molar-refractivity contribution is -0.119. The van der Waals surface area contributed by atoms with Crippen LogP contribution in [0.2, 0.25) is 0 Å². The van der Waals surface area contributed by atoms with Gasteiger partial charge in [0.15, 0.2) is 4.34 Å². The number of nitrogens with zero attached hydrogens (tertiary/aromatic N) is 2. The van der Waals surface area contributed by atoms with Gasteiger partial charge in [0.05, 0.1) is 5.75 Å². The van der Waals surface area contributed by atoms with Crippen LogP contribution in [-0.4, -0.2) is 34.4 Å². The Labute approximate surface area is 122 Å². The number of hydrogen-bond acceptors (Lipinski definition) is 6. The molecule has 1 aromatic heterocycles. The molecule has 1 rings (SSSR count). The molecular weight excluding hydrogens is 280 g/mol. The van der Waals surface area contributed by atoms with Gasteiger partial charge >= 0.3 is 0 Å². The second-order valence-corrected chi connectivity index (χ2v) is 6.63. The van der Waals surface area contributed by atoms with Gasteiger partial charge in [-0.15, -0.1) is 16.8 Å². The van der Waals surface area contributed by atoms with E-state index in [0.29, 0.717) is 18.2 Å². The third-order valence-electron chi connectivity index (χ3n) is 2.52. The third kappa shape index (κ3) is 6.07. The fraction of sp³-hybridized carbons (Fsp3) is 0.583. The van der Waals surface area contributed by atoms with E-state index in [-0.39, 0.29) is 11.9 Å². The Bertz CT molecular complexity index is 420. The van der Waals surface area contributed by atoms with Gasteiger partial charge in [-0.25, -0.2) is 0 Å². The molecule has 0 aliphatic rings. The van der Waals surface area contributed by atoms with Crippen LogP contribution in [0.1, 0.15) is 20.8 Å². The van der Waals surface area contributed by atoms with Crippen LogP contribution >= 0.6 is 23.1 Å². The van der Waals surface area contributed by atoms with Gasteiger partial charge in [0.1, 0.15) is 0 Å². The minimum atomic E-state index is 0.0296. The monoisotopic (exact) mass is 300 g/mol. The van der Waals surface area contributed by atoms with Crippen LogP contribution < -0.4 is 10.6 Å². The molecule has 1 aromatic rings. The Kier molecular flexibility index (Phi) is 6.86. The van der Waals surface area contributed by atoms with Crippen molar-refractivity contribution in [3.8, 4) is 0 Å². The fourth-order valence-electron chi connectivity index (χ4n) is 1.09. The molecule has 0 spiro atoms. The molecule has 106 valence electrons. The summed E-state index contributed by atoms with van der Waals surface area (Å²) in [6, 6.07) is 0.187. The molecule has 0 aliphatic carbocycles. The highest BCUT2D eigenvalue weighted by molar-refractivity contribution is 8.01. The molecule has 5 nitrogen and oxygen atoms in total. The lowest BCUT2D eigenvalue weighted by atomic mass is 10.1. The normalized spacial score (nSPS) is 12.2. The van der Waals surface area contributed by atoms with Crippen LogP contribution in [0.25, 0.3) is 0 Å². The van der Waals surface area contributed by atoms with E-state index in [2.05, 4.69) is 41.3 Å². The zero-order chi connectivity index (χ0) is 14.3. The van der Waals surface area contributed by atoms with E-state index in [4.69, 9.17) is 0 Å². The maximum Gasteiger partial charge on any atom is 0.230 e. The first-order valence-corrected chi connectivity index (χ1v) is 7.93. The number of anilines is 1. The van der Waals surface area contributed by atoms with E-state index in [1.165, 1.54) is 23.1 Å². The van der Waals surface area contributed by atoms with Crippen molar-refractivity contribution >= 4 is 34.1 Å². The van der Waals surface area contributed by atoms with Gasteiger partial charge in [-0.3, -0.25) is 4.79 Å². The molecule has 7 heteroatoms. The first kappa shape index (κ1) is 16.0. The van der Waals surface area contributed by atoms with Crippen LogP contribution in [0, 0.1) is 5.92 Å². The van der Waals surface area contributed by atoms with Gasteiger partial charge in [-0.05, 0) is 12.8 Å². The quantitative estimate of drug-likeness (QED) is 0.570. The standard InChI is InChI=1S/C12H20N4OS2/c1-5-6-13-11-15-16-12(19-11)18-7-10(17)14-9(4)8(2)3/h5,8-9H,1,6-7H2,2-4H3,(H,13,15)(H,14,17). The summed E-state index contributed by atoms with van der Waals surface area (Å²) in [4.78, 5) is 11.7. The first-order valence-electron chi connectivity index (χ1n) is 6.13. The molecule has 0 saturated carbocycles. The number of aromatic nitrogens is 2. The van der Waals surface area contributed by atoms with E-state index in [1.807, 2.05) is 6.92 Å². The van der Waals surface area contributed by atoms with Gasteiger partial charge in [-0.1, -0.05) is 43.0 Å². The number of carbonyl (C=O) groups excluding carboxylic acids is 1. The zero-order valence-electron chi connectivity index (χ0n) is 11.5. The van der Waals surface area contributed by atoms with Crippen molar-refractivity contribution in [2.75, 3.05) is 17.6 Å². The molecule has 1 unspecified atom stereocenters. The Morgan fingerprint density at radius 1 is 1.47 bits per heavy atom. The predicted octanol–water partition coefficient (Wildman–Crippen LogP) is 2.39. The summed E-state index contributed by atoms with van der Waals surface area (Å²) >= 11 is 2.85. The maximum atomic E-state index is 11.7. The zero-order valence-corrected chi connectivity index (χ0v) is 13.1. The van der Waals surface area contributed by atoms with Crippen molar-refractivity contribution in [2.24, 2.45) is 5.92 Å². The Hall–Kier alpha value is -1.08. The molecule has 0 fully saturated rings. The van der Waals surface area contributed by atoms with Crippen molar-refractivity contribution < 1.29 is 4.79 Å². The van der Waals surface area contributed by atoms with Gasteiger partial charge in [-0.2, -0.15) is 0 Å². The van der Waals surface area contributed by atoms with E-state index in [0.717, 1.165) is 9.47 Å². The van der Waals surface area contributed by atoms with Crippen LogP contribution in [0.3, 0.4) is 0 Å². The van der Waals surface area contributed by atoms with Gasteiger partial charge in [0.2, 0.25) is 11.0 Å². The van der Waals surface area contributed by atoms with Crippen molar-refractivity contribution in [1.82, 2.24) is 15.5 Å². The highest BCUT2D eigenvalue weighted by atomic mass is 32.2. The minimum Gasteiger partial charge on any atom is -0.357 e. The van der Waals surface area contributed by atoms with E-state index in [9.17, 15) is 4.79 Å². The van der Waals surface area contributed by atoms with E-state index < -0.39 is 0 Å². The van der Waals surface area contributed by atoms with Crippen LogP contribution in [0.15, 0.2) is 17.0 Å². The number of hydrogen-bond donors (Lipinski definition) is 2. The number of nitrogens with one attached hydrogen (secondary N) is 2. The van der Waals surface area contributed by atoms with Gasteiger partial charge < -0.3 is 10.6 Å². The summed E-state index contributed by atoms with van der Waals surface area (Å²) in [5, 5.41) is 14.8. The van der Waals surface area contributed by atoms with Gasteiger partial charge in [0, 0.05) is 12.6 Å². The van der Waals surface area contributed by atoms with Crippen LogP contribution in [-0.2, 0) is 4.79 Å². The molecule has 0 bridgehead atoms. The van der Waals surface area contributed by atoms with Crippen molar-refractivity contribution in [3.63, 3.8) is 0 Å². The Morgan fingerprint density at radius 3 is 2.84 bits per heavy atom. The lowest BCUT2D eigenvalue weighted by Crippen LogP contribution is -2.37. The molecule has 0 aromatic carbocycles. The number of thioether (sulfide) groups is 1. The number of carbonyl (C=O) groups is 1. The SMILES string of the molecule is C=CCNc1nnc(SCC(=O)NC(C)C(C)C)s1.